The van der Waals surface area contributed by atoms with Gasteiger partial charge in [0.15, 0.2) is 5.78 Å². The molecule has 4 nitrogen and oxygen atoms in total. The fourth-order valence-corrected chi connectivity index (χ4v) is 3.51. The van der Waals surface area contributed by atoms with Gasteiger partial charge in [-0.05, 0) is 22.2 Å². The highest BCUT2D eigenvalue weighted by atomic mass is 16.1. The molecule has 0 bridgehead atoms. The summed E-state index contributed by atoms with van der Waals surface area (Å²) in [5, 5.41) is 4.23. The van der Waals surface area contributed by atoms with Gasteiger partial charge in [-0.15, -0.1) is 0 Å². The summed E-state index contributed by atoms with van der Waals surface area (Å²) in [5.41, 5.74) is 11.7. The van der Waals surface area contributed by atoms with Crippen LogP contribution in [-0.2, 0) is 5.54 Å². The Balaban J connectivity index is 2.20. The minimum atomic E-state index is -1.04. The van der Waals surface area contributed by atoms with Crippen molar-refractivity contribution in [3.63, 3.8) is 0 Å². The largest absolute Gasteiger partial charge is 0.289 e. The van der Waals surface area contributed by atoms with Crippen LogP contribution in [-0.4, -0.2) is 5.78 Å². The van der Waals surface area contributed by atoms with E-state index in [0.717, 1.165) is 16.7 Å². The van der Waals surface area contributed by atoms with E-state index in [1.165, 1.54) is 0 Å². The van der Waals surface area contributed by atoms with Crippen molar-refractivity contribution in [1.82, 2.24) is 0 Å². The van der Waals surface area contributed by atoms with Gasteiger partial charge in [0.25, 0.3) is 0 Å². The molecule has 114 valence electrons. The lowest BCUT2D eigenvalue weighted by Gasteiger charge is -2.37. The summed E-state index contributed by atoms with van der Waals surface area (Å²) in [5.74, 6) is -0.0408. The van der Waals surface area contributed by atoms with Gasteiger partial charge in [0, 0.05) is 16.0 Å². The average Bonchev–Trinajstić information content (AvgIpc) is 2.66. The summed E-state index contributed by atoms with van der Waals surface area (Å²) in [7, 11) is 0. The van der Waals surface area contributed by atoms with E-state index >= 15 is 0 Å². The highest BCUT2D eigenvalue weighted by Gasteiger charge is 2.44. The maximum atomic E-state index is 12.9. The lowest BCUT2D eigenvalue weighted by Crippen LogP contribution is -2.34. The number of hydrogen-bond donors (Lipinski definition) is 0. The quantitative estimate of drug-likeness (QED) is 0.379. The lowest BCUT2D eigenvalue weighted by atomic mass is 9.69. The van der Waals surface area contributed by atoms with Gasteiger partial charge in [0.05, 0.1) is 0 Å². The number of rotatable bonds is 2. The van der Waals surface area contributed by atoms with E-state index < -0.39 is 5.54 Å². The number of ketones is 1. The second kappa shape index (κ2) is 5.37. The number of fused-ring (bicyclic) bond motifs is 2. The van der Waals surface area contributed by atoms with Crippen LogP contribution in [0.5, 0.6) is 0 Å². The Morgan fingerprint density at radius 3 is 1.79 bits per heavy atom. The normalized spacial score (nSPS) is 14.2. The Kier molecular flexibility index (Phi) is 3.19. The molecule has 0 aromatic heterocycles. The molecule has 0 N–H and O–H groups in total. The molecule has 3 aromatic carbocycles. The molecule has 0 saturated heterocycles. The first kappa shape index (κ1) is 14.2. The molecule has 0 amide bonds. The van der Waals surface area contributed by atoms with Gasteiger partial charge in [0.2, 0.25) is 0 Å². The molecule has 24 heavy (non-hydrogen) atoms. The van der Waals surface area contributed by atoms with Crippen LogP contribution in [0, 0.1) is 0 Å². The van der Waals surface area contributed by atoms with Gasteiger partial charge in [0.1, 0.15) is 5.54 Å². The third-order valence-corrected chi connectivity index (χ3v) is 4.51. The van der Waals surface area contributed by atoms with E-state index in [1.807, 2.05) is 66.7 Å². The van der Waals surface area contributed by atoms with Crippen molar-refractivity contribution >= 4 is 5.78 Å². The summed E-state index contributed by atoms with van der Waals surface area (Å²) in [6.45, 7) is 0. The summed E-state index contributed by atoms with van der Waals surface area (Å²) in [6.07, 6.45) is 0. The Morgan fingerprint density at radius 2 is 1.25 bits per heavy atom. The highest BCUT2D eigenvalue weighted by Crippen LogP contribution is 2.47. The number of carbonyl (C=O) groups excluding carboxylic acids is 1. The van der Waals surface area contributed by atoms with Crippen LogP contribution >= 0.6 is 0 Å². The topological polar surface area (TPSA) is 65.8 Å². The van der Waals surface area contributed by atoms with E-state index in [2.05, 4.69) is 10.0 Å². The zero-order chi connectivity index (χ0) is 16.6. The smallest absolute Gasteiger partial charge is 0.193 e. The van der Waals surface area contributed by atoms with Crippen LogP contribution in [0.2, 0.25) is 0 Å². The van der Waals surface area contributed by atoms with Crippen LogP contribution in [0.4, 0.5) is 0 Å². The minimum absolute atomic E-state index is 0.0408. The first-order valence-corrected chi connectivity index (χ1v) is 7.64. The molecule has 0 unspecified atom stereocenters. The molecule has 0 radical (unpaired) electrons. The average molecular weight is 311 g/mol. The number of hydrogen-bond acceptors (Lipinski definition) is 2. The first-order valence-electron chi connectivity index (χ1n) is 7.64. The van der Waals surface area contributed by atoms with E-state index in [-0.39, 0.29) is 5.78 Å². The predicted molar refractivity (Wildman–Crippen MR) is 91.8 cm³/mol. The molecule has 0 spiro atoms. The molecule has 0 aliphatic heterocycles. The fourth-order valence-electron chi connectivity index (χ4n) is 3.51. The monoisotopic (exact) mass is 311 g/mol. The van der Waals surface area contributed by atoms with Crippen molar-refractivity contribution < 1.29 is 4.79 Å². The standard InChI is InChI=1S/C20H13N3O/c21-23-22-20(14-8-2-1-3-9-14)17-12-6-4-10-15(17)19(24)16-11-5-7-13-18(16)20/h1-13H. The maximum absolute atomic E-state index is 12.9. The summed E-state index contributed by atoms with van der Waals surface area (Å²) in [4.78, 5) is 16.0. The maximum Gasteiger partial charge on any atom is 0.193 e. The van der Waals surface area contributed by atoms with Gasteiger partial charge < -0.3 is 0 Å². The van der Waals surface area contributed by atoms with Gasteiger partial charge in [-0.1, -0.05) is 84.0 Å². The van der Waals surface area contributed by atoms with E-state index in [0.29, 0.717) is 11.1 Å². The SMILES string of the molecule is [N-]=[N+]=NC1(c2ccccc2)c2ccccc2C(=O)c2ccccc21. The molecular formula is C20H13N3O. The van der Waals surface area contributed by atoms with Crippen LogP contribution in [0.15, 0.2) is 84.0 Å². The molecule has 0 saturated carbocycles. The fraction of sp³-hybridized carbons (Fsp3) is 0.0500. The van der Waals surface area contributed by atoms with E-state index in [9.17, 15) is 10.3 Å². The highest BCUT2D eigenvalue weighted by molar-refractivity contribution is 6.13. The van der Waals surface area contributed by atoms with E-state index in [4.69, 9.17) is 0 Å². The zero-order valence-corrected chi connectivity index (χ0v) is 12.8. The molecule has 0 heterocycles. The second-order valence-corrected chi connectivity index (χ2v) is 5.69. The van der Waals surface area contributed by atoms with Crippen molar-refractivity contribution in [2.75, 3.05) is 0 Å². The van der Waals surface area contributed by atoms with Crippen molar-refractivity contribution in [3.8, 4) is 0 Å². The van der Waals surface area contributed by atoms with Crippen molar-refractivity contribution in [2.24, 2.45) is 5.11 Å². The van der Waals surface area contributed by atoms with Crippen LogP contribution in [0.3, 0.4) is 0 Å². The summed E-state index contributed by atoms with van der Waals surface area (Å²) in [6, 6.07) is 24.3. The van der Waals surface area contributed by atoms with Gasteiger partial charge >= 0.3 is 0 Å². The molecule has 4 rings (SSSR count). The van der Waals surface area contributed by atoms with Crippen LogP contribution < -0.4 is 0 Å². The number of carbonyl (C=O) groups is 1. The van der Waals surface area contributed by atoms with Crippen LogP contribution in [0.25, 0.3) is 10.4 Å². The van der Waals surface area contributed by atoms with Crippen molar-refractivity contribution in [1.29, 1.82) is 0 Å². The molecule has 0 atom stereocenters. The van der Waals surface area contributed by atoms with Crippen LogP contribution in [0.1, 0.15) is 32.6 Å². The molecule has 1 aliphatic rings. The molecule has 3 aromatic rings. The van der Waals surface area contributed by atoms with Gasteiger partial charge in [-0.2, -0.15) is 0 Å². The van der Waals surface area contributed by atoms with Crippen molar-refractivity contribution in [3.05, 3.63) is 117 Å². The third-order valence-electron chi connectivity index (χ3n) is 4.51. The lowest BCUT2D eigenvalue weighted by molar-refractivity contribution is 0.103. The molecular weight excluding hydrogens is 298 g/mol. The first-order chi connectivity index (χ1) is 11.8. The van der Waals surface area contributed by atoms with E-state index in [1.54, 1.807) is 12.1 Å². The Morgan fingerprint density at radius 1 is 0.750 bits per heavy atom. The number of nitrogens with zero attached hydrogens (tertiary/aromatic N) is 3. The minimum Gasteiger partial charge on any atom is -0.289 e. The Hall–Kier alpha value is -3.36. The molecule has 4 heteroatoms. The molecule has 0 fully saturated rings. The summed E-state index contributed by atoms with van der Waals surface area (Å²) >= 11 is 0. The number of azide groups is 1. The van der Waals surface area contributed by atoms with Gasteiger partial charge in [-0.3, -0.25) is 4.79 Å². The van der Waals surface area contributed by atoms with Gasteiger partial charge in [-0.25, -0.2) is 0 Å². The summed E-state index contributed by atoms with van der Waals surface area (Å²) < 4.78 is 0. The van der Waals surface area contributed by atoms with Crippen molar-refractivity contribution in [2.45, 2.75) is 5.54 Å². The third kappa shape index (κ3) is 1.81. The Bertz CT molecular complexity index is 939. The predicted octanol–water partition coefficient (Wildman–Crippen LogP) is 4.83. The Labute approximate surface area is 139 Å². The number of benzene rings is 3. The second-order valence-electron chi connectivity index (χ2n) is 5.69. The molecule has 1 aliphatic carbocycles. The zero-order valence-electron chi connectivity index (χ0n) is 12.8.